The summed E-state index contributed by atoms with van der Waals surface area (Å²) < 4.78 is 1.60. The number of hydrogen-bond donors (Lipinski definition) is 1. The highest BCUT2D eigenvalue weighted by molar-refractivity contribution is 6.08. The standard InChI is InChI=1S/C22H32N2O3/c1-3-4-5-6-7-8-9-14-22(26)23-16-15-21(25)19-17-24(27-2)20-13-11-10-12-18(19)20/h10-13,17H,3-9,14-16H2,1-2H3,(H,23,26). The van der Waals surface area contributed by atoms with Crippen LogP contribution in [0.1, 0.15) is 75.1 Å². The third kappa shape index (κ3) is 6.42. The maximum absolute atomic E-state index is 12.5. The lowest BCUT2D eigenvalue weighted by Crippen LogP contribution is -2.25. The minimum absolute atomic E-state index is 0.0122. The second-order valence-corrected chi connectivity index (χ2v) is 6.96. The Morgan fingerprint density at radius 3 is 2.44 bits per heavy atom. The summed E-state index contributed by atoms with van der Waals surface area (Å²) in [4.78, 5) is 29.7. The minimum atomic E-state index is 0.0122. The summed E-state index contributed by atoms with van der Waals surface area (Å²) >= 11 is 0. The van der Waals surface area contributed by atoms with Gasteiger partial charge >= 0.3 is 0 Å². The molecule has 2 rings (SSSR count). The number of carbonyl (C=O) groups is 2. The first-order valence-electron chi connectivity index (χ1n) is 10.1. The zero-order valence-corrected chi connectivity index (χ0v) is 16.6. The number of hydrogen-bond acceptors (Lipinski definition) is 3. The van der Waals surface area contributed by atoms with Gasteiger partial charge in [0.25, 0.3) is 0 Å². The molecular formula is C22H32N2O3. The Labute approximate surface area is 162 Å². The van der Waals surface area contributed by atoms with E-state index in [4.69, 9.17) is 4.84 Å². The molecule has 1 heterocycles. The number of unbranched alkanes of at least 4 members (excludes halogenated alkanes) is 6. The van der Waals surface area contributed by atoms with Crippen LogP contribution in [0, 0.1) is 0 Å². The van der Waals surface area contributed by atoms with Crippen LogP contribution in [0.25, 0.3) is 10.9 Å². The highest BCUT2D eigenvalue weighted by Crippen LogP contribution is 2.21. The third-order valence-corrected chi connectivity index (χ3v) is 4.86. The molecule has 0 saturated carbocycles. The van der Waals surface area contributed by atoms with Crippen LogP contribution in [0.2, 0.25) is 0 Å². The zero-order valence-electron chi connectivity index (χ0n) is 16.6. The van der Waals surface area contributed by atoms with E-state index in [1.54, 1.807) is 18.0 Å². The van der Waals surface area contributed by atoms with E-state index in [9.17, 15) is 9.59 Å². The average molecular weight is 373 g/mol. The predicted octanol–water partition coefficient (Wildman–Crippen LogP) is 4.53. The minimum Gasteiger partial charge on any atom is -0.417 e. The Balaban J connectivity index is 1.70. The molecule has 0 bridgehead atoms. The summed E-state index contributed by atoms with van der Waals surface area (Å²) in [6.45, 7) is 2.59. The Morgan fingerprint density at radius 2 is 1.70 bits per heavy atom. The molecule has 0 aliphatic carbocycles. The van der Waals surface area contributed by atoms with Crippen molar-refractivity contribution in [3.8, 4) is 0 Å². The van der Waals surface area contributed by atoms with Gasteiger partial charge in [0, 0.05) is 30.3 Å². The highest BCUT2D eigenvalue weighted by atomic mass is 16.6. The summed E-state index contributed by atoms with van der Waals surface area (Å²) in [6.07, 6.45) is 10.9. The van der Waals surface area contributed by atoms with Crippen LogP contribution in [-0.4, -0.2) is 30.1 Å². The topological polar surface area (TPSA) is 60.3 Å². The molecule has 0 radical (unpaired) electrons. The Morgan fingerprint density at radius 1 is 1.00 bits per heavy atom. The van der Waals surface area contributed by atoms with Gasteiger partial charge in [0.1, 0.15) is 7.11 Å². The van der Waals surface area contributed by atoms with Crippen molar-refractivity contribution in [3.05, 3.63) is 36.0 Å². The first-order chi connectivity index (χ1) is 13.2. The van der Waals surface area contributed by atoms with Gasteiger partial charge in [-0.05, 0) is 12.5 Å². The molecular weight excluding hydrogens is 340 g/mol. The van der Waals surface area contributed by atoms with Crippen molar-refractivity contribution in [2.24, 2.45) is 0 Å². The number of fused-ring (bicyclic) bond motifs is 1. The zero-order chi connectivity index (χ0) is 19.5. The molecule has 1 aromatic carbocycles. The Hall–Kier alpha value is -2.30. The number of ketones is 1. The van der Waals surface area contributed by atoms with Crippen LogP contribution in [0.5, 0.6) is 0 Å². The van der Waals surface area contributed by atoms with Gasteiger partial charge in [-0.1, -0.05) is 63.6 Å². The molecule has 5 nitrogen and oxygen atoms in total. The van der Waals surface area contributed by atoms with Crippen LogP contribution in [0.3, 0.4) is 0 Å². The molecule has 0 atom stereocenters. The van der Waals surface area contributed by atoms with Crippen molar-refractivity contribution in [2.75, 3.05) is 13.7 Å². The number of Topliss-reactive ketones (excluding diaryl/α,β-unsaturated/α-hetero) is 1. The lowest BCUT2D eigenvalue weighted by molar-refractivity contribution is -0.121. The van der Waals surface area contributed by atoms with E-state index in [1.165, 1.54) is 32.1 Å². The first kappa shape index (κ1) is 21.0. The van der Waals surface area contributed by atoms with Gasteiger partial charge in [0.05, 0.1) is 11.7 Å². The first-order valence-corrected chi connectivity index (χ1v) is 10.1. The SMILES string of the molecule is CCCCCCCCCC(=O)NCCC(=O)c1cn(OC)c2ccccc12. The van der Waals surface area contributed by atoms with Gasteiger partial charge in [0.2, 0.25) is 5.91 Å². The van der Waals surface area contributed by atoms with Crippen LogP contribution in [0.15, 0.2) is 30.5 Å². The molecule has 0 spiro atoms. The molecule has 0 unspecified atom stereocenters. The van der Waals surface area contributed by atoms with Gasteiger partial charge in [-0.15, -0.1) is 0 Å². The lowest BCUT2D eigenvalue weighted by Gasteiger charge is -2.05. The van der Waals surface area contributed by atoms with Gasteiger partial charge in [-0.25, -0.2) is 0 Å². The molecule has 1 N–H and O–H groups in total. The fourth-order valence-corrected chi connectivity index (χ4v) is 3.30. The van der Waals surface area contributed by atoms with Crippen LogP contribution in [-0.2, 0) is 4.79 Å². The number of nitrogens with one attached hydrogen (secondary N) is 1. The number of para-hydroxylation sites is 1. The predicted molar refractivity (Wildman–Crippen MR) is 109 cm³/mol. The number of carbonyl (C=O) groups excluding carboxylic acids is 2. The van der Waals surface area contributed by atoms with Crippen molar-refractivity contribution in [2.45, 2.75) is 64.7 Å². The summed E-state index contributed by atoms with van der Waals surface area (Å²) in [5, 5.41) is 3.74. The average Bonchev–Trinajstić information content (AvgIpc) is 3.06. The van der Waals surface area contributed by atoms with E-state index in [1.807, 2.05) is 24.3 Å². The molecule has 148 valence electrons. The molecule has 5 heteroatoms. The number of benzene rings is 1. The van der Waals surface area contributed by atoms with Gasteiger partial charge < -0.3 is 10.2 Å². The summed E-state index contributed by atoms with van der Waals surface area (Å²) in [5.41, 5.74) is 1.50. The van der Waals surface area contributed by atoms with E-state index in [-0.39, 0.29) is 11.7 Å². The van der Waals surface area contributed by atoms with Crippen molar-refractivity contribution in [3.63, 3.8) is 0 Å². The second kappa shape index (κ2) is 11.4. The number of amides is 1. The van der Waals surface area contributed by atoms with Gasteiger partial charge in [-0.2, -0.15) is 4.73 Å². The van der Waals surface area contributed by atoms with E-state index >= 15 is 0 Å². The molecule has 0 aliphatic heterocycles. The van der Waals surface area contributed by atoms with E-state index < -0.39 is 0 Å². The summed E-state index contributed by atoms with van der Waals surface area (Å²) in [6, 6.07) is 7.65. The summed E-state index contributed by atoms with van der Waals surface area (Å²) in [7, 11) is 1.57. The van der Waals surface area contributed by atoms with Crippen molar-refractivity contribution < 1.29 is 14.4 Å². The van der Waals surface area contributed by atoms with Gasteiger partial charge in [0.15, 0.2) is 5.78 Å². The van der Waals surface area contributed by atoms with Crippen molar-refractivity contribution in [1.82, 2.24) is 10.0 Å². The third-order valence-electron chi connectivity index (χ3n) is 4.86. The maximum Gasteiger partial charge on any atom is 0.220 e. The lowest BCUT2D eigenvalue weighted by atomic mass is 10.1. The molecule has 0 aliphatic rings. The fraction of sp³-hybridized carbons (Fsp3) is 0.545. The maximum atomic E-state index is 12.5. The van der Waals surface area contributed by atoms with Crippen LogP contribution >= 0.6 is 0 Å². The normalized spacial score (nSPS) is 10.9. The van der Waals surface area contributed by atoms with Crippen LogP contribution < -0.4 is 10.2 Å². The van der Waals surface area contributed by atoms with E-state index in [0.717, 1.165) is 23.7 Å². The summed E-state index contributed by atoms with van der Waals surface area (Å²) in [5.74, 6) is 0.0499. The number of rotatable bonds is 13. The Kier molecular flexibility index (Phi) is 8.89. The molecule has 27 heavy (non-hydrogen) atoms. The smallest absolute Gasteiger partial charge is 0.220 e. The number of nitrogens with zero attached hydrogens (tertiary/aromatic N) is 1. The van der Waals surface area contributed by atoms with E-state index in [2.05, 4.69) is 12.2 Å². The van der Waals surface area contributed by atoms with Gasteiger partial charge in [-0.3, -0.25) is 9.59 Å². The molecule has 2 aromatic rings. The second-order valence-electron chi connectivity index (χ2n) is 6.96. The largest absolute Gasteiger partial charge is 0.417 e. The molecule has 0 fully saturated rings. The van der Waals surface area contributed by atoms with E-state index in [0.29, 0.717) is 24.9 Å². The van der Waals surface area contributed by atoms with Crippen molar-refractivity contribution >= 4 is 22.6 Å². The Bertz CT molecular complexity index is 736. The molecule has 1 aromatic heterocycles. The number of aromatic nitrogens is 1. The van der Waals surface area contributed by atoms with Crippen molar-refractivity contribution in [1.29, 1.82) is 0 Å². The van der Waals surface area contributed by atoms with Crippen LogP contribution in [0.4, 0.5) is 0 Å². The molecule has 1 amide bonds. The fourth-order valence-electron chi connectivity index (χ4n) is 3.30. The highest BCUT2D eigenvalue weighted by Gasteiger charge is 2.15. The molecule has 0 saturated heterocycles. The quantitative estimate of drug-likeness (QED) is 0.415. The monoisotopic (exact) mass is 372 g/mol.